The first-order valence-corrected chi connectivity index (χ1v) is 6.24. The number of anilines is 1. The van der Waals surface area contributed by atoms with Crippen LogP contribution in [-0.2, 0) is 0 Å². The van der Waals surface area contributed by atoms with Gasteiger partial charge in [-0.25, -0.2) is 4.39 Å². The lowest BCUT2D eigenvalue weighted by Gasteiger charge is -2.16. The van der Waals surface area contributed by atoms with Gasteiger partial charge in [-0.3, -0.25) is 10.1 Å². The number of non-ortho nitro benzene ring substituents is 1. The summed E-state index contributed by atoms with van der Waals surface area (Å²) in [6, 6.07) is 11.2. The lowest BCUT2D eigenvalue weighted by Crippen LogP contribution is -2.07. The van der Waals surface area contributed by atoms with E-state index in [0.29, 0.717) is 5.56 Å². The van der Waals surface area contributed by atoms with E-state index >= 15 is 0 Å². The Bertz CT molecular complexity index is 626. The van der Waals surface area contributed by atoms with Crippen molar-refractivity contribution in [3.05, 3.63) is 69.5 Å². The highest BCUT2D eigenvalue weighted by Crippen LogP contribution is 2.22. The van der Waals surface area contributed by atoms with Gasteiger partial charge in [0.05, 0.1) is 4.92 Å². The van der Waals surface area contributed by atoms with Crippen molar-refractivity contribution in [2.45, 2.75) is 19.9 Å². The van der Waals surface area contributed by atoms with Crippen LogP contribution in [0.4, 0.5) is 15.8 Å². The standard InChI is InChI=1S/C15H15FN2O2/c1-10-9-13(5-8-15(10)16)17-11(2)12-3-6-14(7-4-12)18(19)20/h3-9,11,17H,1-2H3. The Labute approximate surface area is 116 Å². The lowest BCUT2D eigenvalue weighted by atomic mass is 10.1. The van der Waals surface area contributed by atoms with Gasteiger partial charge in [0.25, 0.3) is 5.69 Å². The average molecular weight is 274 g/mol. The number of nitro groups is 1. The van der Waals surface area contributed by atoms with Gasteiger partial charge in [0.15, 0.2) is 0 Å². The van der Waals surface area contributed by atoms with Crippen molar-refractivity contribution < 1.29 is 9.31 Å². The summed E-state index contributed by atoms with van der Waals surface area (Å²) in [6.45, 7) is 3.65. The molecule has 0 heterocycles. The Balaban J connectivity index is 2.12. The van der Waals surface area contributed by atoms with Crippen LogP contribution < -0.4 is 5.32 Å². The van der Waals surface area contributed by atoms with E-state index in [0.717, 1.165) is 11.3 Å². The van der Waals surface area contributed by atoms with Crippen molar-refractivity contribution in [3.8, 4) is 0 Å². The largest absolute Gasteiger partial charge is 0.379 e. The third kappa shape index (κ3) is 3.12. The van der Waals surface area contributed by atoms with E-state index in [9.17, 15) is 14.5 Å². The number of nitrogens with one attached hydrogen (secondary N) is 1. The Hall–Kier alpha value is -2.43. The second-order valence-corrected chi connectivity index (χ2v) is 4.68. The zero-order valence-corrected chi connectivity index (χ0v) is 11.3. The minimum Gasteiger partial charge on any atom is -0.379 e. The first-order chi connectivity index (χ1) is 9.47. The number of nitrogens with zero attached hydrogens (tertiary/aromatic N) is 1. The van der Waals surface area contributed by atoms with Gasteiger partial charge in [0.2, 0.25) is 0 Å². The summed E-state index contributed by atoms with van der Waals surface area (Å²) in [5.74, 6) is -0.237. The smallest absolute Gasteiger partial charge is 0.269 e. The molecule has 2 aromatic carbocycles. The van der Waals surface area contributed by atoms with Gasteiger partial charge in [-0.15, -0.1) is 0 Å². The maximum absolute atomic E-state index is 13.2. The average Bonchev–Trinajstić information content (AvgIpc) is 2.43. The summed E-state index contributed by atoms with van der Waals surface area (Å²) >= 11 is 0. The second-order valence-electron chi connectivity index (χ2n) is 4.68. The van der Waals surface area contributed by atoms with E-state index in [2.05, 4.69) is 5.32 Å². The van der Waals surface area contributed by atoms with Crippen molar-refractivity contribution in [1.82, 2.24) is 0 Å². The van der Waals surface area contributed by atoms with Crippen LogP contribution in [0.3, 0.4) is 0 Å². The van der Waals surface area contributed by atoms with E-state index < -0.39 is 4.92 Å². The van der Waals surface area contributed by atoms with Crippen LogP contribution in [-0.4, -0.2) is 4.92 Å². The van der Waals surface area contributed by atoms with Crippen LogP contribution >= 0.6 is 0 Å². The molecule has 0 bridgehead atoms. The predicted molar refractivity (Wildman–Crippen MR) is 76.3 cm³/mol. The van der Waals surface area contributed by atoms with Gasteiger partial charge in [0.1, 0.15) is 5.82 Å². The second kappa shape index (κ2) is 5.69. The van der Waals surface area contributed by atoms with Crippen molar-refractivity contribution >= 4 is 11.4 Å². The molecule has 0 aromatic heterocycles. The Kier molecular flexibility index (Phi) is 3.98. The number of benzene rings is 2. The number of nitro benzene ring substituents is 1. The predicted octanol–water partition coefficient (Wildman–Crippen LogP) is 4.22. The maximum Gasteiger partial charge on any atom is 0.269 e. The SMILES string of the molecule is Cc1cc(NC(C)c2ccc([N+](=O)[O-])cc2)ccc1F. The molecule has 0 saturated heterocycles. The summed E-state index contributed by atoms with van der Waals surface area (Å²) in [5.41, 5.74) is 2.39. The maximum atomic E-state index is 13.2. The fourth-order valence-electron chi connectivity index (χ4n) is 1.95. The lowest BCUT2D eigenvalue weighted by molar-refractivity contribution is -0.384. The van der Waals surface area contributed by atoms with E-state index in [-0.39, 0.29) is 17.5 Å². The molecule has 1 atom stereocenters. The van der Waals surface area contributed by atoms with Gasteiger partial charge in [-0.05, 0) is 43.2 Å². The highest BCUT2D eigenvalue weighted by atomic mass is 19.1. The van der Waals surface area contributed by atoms with Crippen molar-refractivity contribution in [3.63, 3.8) is 0 Å². The first-order valence-electron chi connectivity index (χ1n) is 6.24. The van der Waals surface area contributed by atoms with E-state index in [1.807, 2.05) is 6.92 Å². The molecule has 0 amide bonds. The molecule has 1 N–H and O–H groups in total. The third-order valence-corrected chi connectivity index (χ3v) is 3.15. The molecule has 2 aromatic rings. The summed E-state index contributed by atoms with van der Waals surface area (Å²) in [5, 5.41) is 13.8. The van der Waals surface area contributed by atoms with Crippen LogP contribution in [0.5, 0.6) is 0 Å². The molecule has 0 fully saturated rings. The number of rotatable bonds is 4. The van der Waals surface area contributed by atoms with Crippen LogP contribution in [0.1, 0.15) is 24.1 Å². The van der Waals surface area contributed by atoms with Gasteiger partial charge >= 0.3 is 0 Å². The van der Waals surface area contributed by atoms with Crippen LogP contribution in [0, 0.1) is 22.9 Å². The molecule has 0 aliphatic heterocycles. The summed E-state index contributed by atoms with van der Waals surface area (Å²) < 4.78 is 13.2. The Morgan fingerprint density at radius 3 is 2.40 bits per heavy atom. The van der Waals surface area contributed by atoms with E-state index in [1.165, 1.54) is 18.2 Å². The van der Waals surface area contributed by atoms with Crippen molar-refractivity contribution in [2.24, 2.45) is 0 Å². The summed E-state index contributed by atoms with van der Waals surface area (Å²) in [7, 11) is 0. The molecule has 2 rings (SSSR count). The van der Waals surface area contributed by atoms with Crippen molar-refractivity contribution in [2.75, 3.05) is 5.32 Å². The van der Waals surface area contributed by atoms with Gasteiger partial charge < -0.3 is 5.32 Å². The normalized spacial score (nSPS) is 11.9. The fraction of sp³-hybridized carbons (Fsp3) is 0.200. The molecule has 4 nitrogen and oxygen atoms in total. The molecule has 0 aliphatic carbocycles. The molecule has 0 aliphatic rings. The number of aryl methyl sites for hydroxylation is 1. The fourth-order valence-corrected chi connectivity index (χ4v) is 1.95. The number of hydrogen-bond acceptors (Lipinski definition) is 3. The molecule has 5 heteroatoms. The summed E-state index contributed by atoms with van der Waals surface area (Å²) in [4.78, 5) is 10.2. The highest BCUT2D eigenvalue weighted by molar-refractivity contribution is 5.48. The molecule has 104 valence electrons. The molecule has 1 unspecified atom stereocenters. The monoisotopic (exact) mass is 274 g/mol. The first kappa shape index (κ1) is 14.0. The molecular formula is C15H15FN2O2. The highest BCUT2D eigenvalue weighted by Gasteiger charge is 2.09. The zero-order chi connectivity index (χ0) is 14.7. The molecule has 0 spiro atoms. The van der Waals surface area contributed by atoms with Crippen LogP contribution in [0.25, 0.3) is 0 Å². The molecular weight excluding hydrogens is 259 g/mol. The third-order valence-electron chi connectivity index (χ3n) is 3.15. The topological polar surface area (TPSA) is 55.2 Å². The summed E-state index contributed by atoms with van der Waals surface area (Å²) in [6.07, 6.45) is 0. The van der Waals surface area contributed by atoms with Crippen LogP contribution in [0.2, 0.25) is 0 Å². The number of halogens is 1. The van der Waals surface area contributed by atoms with Gasteiger partial charge in [-0.2, -0.15) is 0 Å². The Morgan fingerprint density at radius 1 is 1.20 bits per heavy atom. The Morgan fingerprint density at radius 2 is 1.85 bits per heavy atom. The van der Waals surface area contributed by atoms with Crippen molar-refractivity contribution in [1.29, 1.82) is 0 Å². The molecule has 0 radical (unpaired) electrons. The zero-order valence-electron chi connectivity index (χ0n) is 11.3. The molecule has 0 saturated carbocycles. The van der Waals surface area contributed by atoms with E-state index in [4.69, 9.17) is 0 Å². The molecule has 20 heavy (non-hydrogen) atoms. The minimum atomic E-state index is -0.425. The number of hydrogen-bond donors (Lipinski definition) is 1. The quantitative estimate of drug-likeness (QED) is 0.671. The van der Waals surface area contributed by atoms with Crippen LogP contribution in [0.15, 0.2) is 42.5 Å². The minimum absolute atomic E-state index is 0.0272. The van der Waals surface area contributed by atoms with E-state index in [1.54, 1.807) is 31.2 Å². The van der Waals surface area contributed by atoms with Gasteiger partial charge in [0, 0.05) is 23.9 Å². The van der Waals surface area contributed by atoms with Gasteiger partial charge in [-0.1, -0.05) is 12.1 Å².